The Morgan fingerprint density at radius 1 is 1.32 bits per heavy atom. The van der Waals surface area contributed by atoms with Crippen LogP contribution in [0.15, 0.2) is 23.1 Å². The molecule has 1 rings (SSSR count). The molecule has 8 heteroatoms. The van der Waals surface area contributed by atoms with E-state index >= 15 is 0 Å². The van der Waals surface area contributed by atoms with Gasteiger partial charge in [0, 0.05) is 20.1 Å². The van der Waals surface area contributed by atoms with Crippen LogP contribution >= 0.6 is 0 Å². The van der Waals surface area contributed by atoms with Crippen LogP contribution < -0.4 is 5.14 Å². The minimum Gasteiger partial charge on any atom is -0.462 e. The molecule has 0 heterocycles. The summed E-state index contributed by atoms with van der Waals surface area (Å²) in [5.74, 6) is -1.70. The van der Waals surface area contributed by atoms with Gasteiger partial charge in [-0.3, -0.25) is 0 Å². The van der Waals surface area contributed by atoms with E-state index in [1.54, 1.807) is 0 Å². The molecule has 0 aliphatic heterocycles. The molecule has 1 aromatic rings. The molecule has 0 aliphatic rings. The highest BCUT2D eigenvalue weighted by molar-refractivity contribution is 7.89. The molecular weight excluding hydrogens is 277 g/mol. The number of sulfonamides is 1. The van der Waals surface area contributed by atoms with Gasteiger partial charge >= 0.3 is 5.97 Å². The molecule has 0 amide bonds. The first kappa shape index (κ1) is 15.5. The van der Waals surface area contributed by atoms with Gasteiger partial charge in [0.05, 0.1) is 17.1 Å². The Balaban J connectivity index is 2.83. The summed E-state index contributed by atoms with van der Waals surface area (Å²) in [4.78, 5) is 11.1. The normalized spacial score (nSPS) is 11.3. The summed E-state index contributed by atoms with van der Waals surface area (Å²) in [5.41, 5.74) is -0.207. The predicted molar refractivity (Wildman–Crippen MR) is 64.5 cm³/mol. The minimum absolute atomic E-state index is 0.0912. The number of hydrogen-bond donors (Lipinski definition) is 1. The van der Waals surface area contributed by atoms with Crippen LogP contribution in [0.3, 0.4) is 0 Å². The average Bonchev–Trinajstić information content (AvgIpc) is 2.32. The van der Waals surface area contributed by atoms with Crippen LogP contribution in [-0.4, -0.2) is 34.7 Å². The molecule has 0 saturated heterocycles. The number of hydrogen-bond acceptors (Lipinski definition) is 5. The number of nitrogens with two attached hydrogens (primary N) is 1. The number of esters is 1. The zero-order valence-corrected chi connectivity index (χ0v) is 11.1. The maximum atomic E-state index is 13.2. The van der Waals surface area contributed by atoms with E-state index in [1.807, 2.05) is 0 Å². The largest absolute Gasteiger partial charge is 0.462 e. The van der Waals surface area contributed by atoms with E-state index in [2.05, 4.69) is 0 Å². The predicted octanol–water partition coefficient (Wildman–Crippen LogP) is 0.666. The first-order valence-corrected chi connectivity index (χ1v) is 6.88. The Morgan fingerprint density at radius 3 is 2.58 bits per heavy atom. The highest BCUT2D eigenvalue weighted by Gasteiger charge is 2.15. The monoisotopic (exact) mass is 291 g/mol. The second-order valence-corrected chi connectivity index (χ2v) is 5.26. The fraction of sp³-hybridized carbons (Fsp3) is 0.364. The number of benzene rings is 1. The third-order valence-electron chi connectivity index (χ3n) is 2.16. The molecule has 0 atom stereocenters. The number of rotatable bonds is 6. The lowest BCUT2D eigenvalue weighted by atomic mass is 10.2. The summed E-state index contributed by atoms with van der Waals surface area (Å²) < 4.78 is 45.0. The van der Waals surface area contributed by atoms with Crippen molar-refractivity contribution in [3.63, 3.8) is 0 Å². The topological polar surface area (TPSA) is 95.7 Å². The average molecular weight is 291 g/mol. The Morgan fingerprint density at radius 2 is 2.00 bits per heavy atom. The number of primary sulfonamides is 1. The Kier molecular flexibility index (Phi) is 5.40. The molecule has 0 aromatic heterocycles. The number of ether oxygens (including phenoxy) is 2. The van der Waals surface area contributed by atoms with Crippen LogP contribution in [-0.2, 0) is 19.5 Å². The van der Waals surface area contributed by atoms with E-state index in [-0.39, 0.29) is 12.2 Å². The first-order chi connectivity index (χ1) is 8.84. The molecule has 19 heavy (non-hydrogen) atoms. The molecule has 0 spiro atoms. The van der Waals surface area contributed by atoms with Gasteiger partial charge < -0.3 is 9.47 Å². The van der Waals surface area contributed by atoms with Crippen LogP contribution in [0.1, 0.15) is 16.8 Å². The van der Waals surface area contributed by atoms with Gasteiger partial charge in [0.25, 0.3) is 0 Å². The lowest BCUT2D eigenvalue weighted by molar-refractivity contribution is 0.0467. The Hall–Kier alpha value is -1.51. The van der Waals surface area contributed by atoms with E-state index in [1.165, 1.54) is 7.11 Å². The van der Waals surface area contributed by atoms with Gasteiger partial charge in [-0.05, 0) is 18.2 Å². The molecule has 0 unspecified atom stereocenters. The fourth-order valence-corrected chi connectivity index (χ4v) is 1.86. The van der Waals surface area contributed by atoms with Gasteiger partial charge in [0.2, 0.25) is 10.0 Å². The maximum Gasteiger partial charge on any atom is 0.338 e. The van der Waals surface area contributed by atoms with Crippen LogP contribution in [0.2, 0.25) is 0 Å². The molecule has 6 nitrogen and oxygen atoms in total. The standard InChI is InChI=1S/C11H14FNO5S/c1-17-3-2-4-18-11(14)8-5-9(12)7-10(6-8)19(13,15)16/h5-7H,2-4H2,1H3,(H2,13,15,16). The Labute approximate surface area is 110 Å². The Bertz CT molecular complexity index is 558. The summed E-state index contributed by atoms with van der Waals surface area (Å²) in [6.07, 6.45) is 0.486. The SMILES string of the molecule is COCCCOC(=O)c1cc(F)cc(S(N)(=O)=O)c1. The van der Waals surface area contributed by atoms with Gasteiger partial charge in [-0.25, -0.2) is 22.7 Å². The smallest absolute Gasteiger partial charge is 0.338 e. The summed E-state index contributed by atoms with van der Waals surface area (Å²) in [7, 11) is -2.57. The number of carbonyl (C=O) groups excluding carboxylic acids is 1. The van der Waals surface area contributed by atoms with Crippen molar-refractivity contribution in [2.45, 2.75) is 11.3 Å². The molecule has 0 radical (unpaired) electrons. The summed E-state index contributed by atoms with van der Waals surface area (Å²) in [5, 5.41) is 4.87. The molecule has 2 N–H and O–H groups in total. The van der Waals surface area contributed by atoms with E-state index in [4.69, 9.17) is 14.6 Å². The molecular formula is C11H14FNO5S. The number of halogens is 1. The van der Waals surface area contributed by atoms with Crippen molar-refractivity contribution in [3.05, 3.63) is 29.6 Å². The summed E-state index contributed by atoms with van der Waals surface area (Å²) in [6, 6.07) is 2.58. The van der Waals surface area contributed by atoms with Gasteiger partial charge in [0.1, 0.15) is 5.82 Å². The minimum atomic E-state index is -4.08. The van der Waals surface area contributed by atoms with Crippen molar-refractivity contribution in [1.82, 2.24) is 0 Å². The number of carbonyl (C=O) groups is 1. The van der Waals surface area contributed by atoms with Crippen molar-refractivity contribution in [3.8, 4) is 0 Å². The van der Waals surface area contributed by atoms with Crippen molar-refractivity contribution in [1.29, 1.82) is 0 Å². The molecule has 0 aliphatic carbocycles. The zero-order chi connectivity index (χ0) is 14.5. The third kappa shape index (κ3) is 4.93. The molecule has 0 saturated carbocycles. The second kappa shape index (κ2) is 6.60. The van der Waals surface area contributed by atoms with E-state index < -0.39 is 26.7 Å². The molecule has 1 aromatic carbocycles. The lowest BCUT2D eigenvalue weighted by Gasteiger charge is -2.06. The summed E-state index contributed by atoms with van der Waals surface area (Å²) >= 11 is 0. The van der Waals surface area contributed by atoms with Crippen LogP contribution in [0.5, 0.6) is 0 Å². The second-order valence-electron chi connectivity index (χ2n) is 3.70. The van der Waals surface area contributed by atoms with Gasteiger partial charge in [-0.2, -0.15) is 0 Å². The maximum absolute atomic E-state index is 13.2. The fourth-order valence-electron chi connectivity index (χ4n) is 1.30. The van der Waals surface area contributed by atoms with E-state index in [0.717, 1.165) is 18.2 Å². The van der Waals surface area contributed by atoms with Crippen molar-refractivity contribution < 1.29 is 27.1 Å². The van der Waals surface area contributed by atoms with Crippen LogP contribution in [0.25, 0.3) is 0 Å². The van der Waals surface area contributed by atoms with Crippen molar-refractivity contribution in [2.75, 3.05) is 20.3 Å². The van der Waals surface area contributed by atoms with E-state index in [0.29, 0.717) is 13.0 Å². The third-order valence-corrected chi connectivity index (χ3v) is 3.05. The zero-order valence-electron chi connectivity index (χ0n) is 10.3. The highest BCUT2D eigenvalue weighted by atomic mass is 32.2. The lowest BCUT2D eigenvalue weighted by Crippen LogP contribution is -2.14. The van der Waals surface area contributed by atoms with Gasteiger partial charge in [-0.1, -0.05) is 0 Å². The molecule has 0 bridgehead atoms. The summed E-state index contributed by atoms with van der Waals surface area (Å²) in [6.45, 7) is 0.507. The van der Waals surface area contributed by atoms with Crippen LogP contribution in [0.4, 0.5) is 4.39 Å². The van der Waals surface area contributed by atoms with E-state index in [9.17, 15) is 17.6 Å². The van der Waals surface area contributed by atoms with Gasteiger partial charge in [0.15, 0.2) is 0 Å². The number of methoxy groups -OCH3 is 1. The quantitative estimate of drug-likeness (QED) is 0.614. The van der Waals surface area contributed by atoms with Gasteiger partial charge in [-0.15, -0.1) is 0 Å². The molecule has 106 valence electrons. The van der Waals surface area contributed by atoms with Crippen molar-refractivity contribution in [2.24, 2.45) is 5.14 Å². The highest BCUT2D eigenvalue weighted by Crippen LogP contribution is 2.14. The van der Waals surface area contributed by atoms with Crippen LogP contribution in [0, 0.1) is 5.82 Å². The molecule has 0 fully saturated rings. The first-order valence-electron chi connectivity index (χ1n) is 5.34. The van der Waals surface area contributed by atoms with Crippen molar-refractivity contribution >= 4 is 16.0 Å².